The highest BCUT2D eigenvalue weighted by molar-refractivity contribution is 5.36. The fourth-order valence-electron chi connectivity index (χ4n) is 0.818. The molecule has 0 amide bonds. The van der Waals surface area contributed by atoms with Crippen molar-refractivity contribution in [3.05, 3.63) is 11.8 Å². The van der Waals surface area contributed by atoms with Crippen molar-refractivity contribution in [2.75, 3.05) is 5.32 Å². The molecular weight excluding hydrogens is 164 g/mol. The van der Waals surface area contributed by atoms with Crippen LogP contribution in [0.25, 0.3) is 0 Å². The zero-order valence-corrected chi connectivity index (χ0v) is 6.94. The summed E-state index contributed by atoms with van der Waals surface area (Å²) in [4.78, 5) is 0. The van der Waals surface area contributed by atoms with Crippen molar-refractivity contribution in [3.63, 3.8) is 0 Å². The van der Waals surface area contributed by atoms with Gasteiger partial charge in [-0.3, -0.25) is 5.10 Å². The van der Waals surface area contributed by atoms with E-state index in [1.807, 2.05) is 13.8 Å². The van der Waals surface area contributed by atoms with Gasteiger partial charge in [0.2, 0.25) is 0 Å². The number of aromatic nitrogens is 2. The molecule has 0 unspecified atom stereocenters. The van der Waals surface area contributed by atoms with Crippen LogP contribution in [0.5, 0.6) is 0 Å². The molecule has 0 saturated carbocycles. The Morgan fingerprint density at radius 3 is 2.58 bits per heavy atom. The topological polar surface area (TPSA) is 40.7 Å². The van der Waals surface area contributed by atoms with Crippen LogP contribution in [0.15, 0.2) is 6.07 Å². The van der Waals surface area contributed by atoms with Crippen LogP contribution < -0.4 is 5.32 Å². The standard InChI is InChI=1S/C7H11F2N3/c1-4(2)10-6-3-5(7(8)9)11-12-6/h3-4,7H,1-2H3,(H2,10,11,12). The molecule has 0 aliphatic rings. The molecule has 1 aromatic rings. The summed E-state index contributed by atoms with van der Waals surface area (Å²) < 4.78 is 24.0. The third kappa shape index (κ3) is 2.18. The van der Waals surface area contributed by atoms with Gasteiger partial charge in [0.05, 0.1) is 0 Å². The van der Waals surface area contributed by atoms with Gasteiger partial charge in [-0.2, -0.15) is 5.10 Å². The Hall–Kier alpha value is -1.13. The third-order valence-corrected chi connectivity index (χ3v) is 1.27. The van der Waals surface area contributed by atoms with Gasteiger partial charge in [0.1, 0.15) is 11.5 Å². The Balaban J connectivity index is 2.64. The van der Waals surface area contributed by atoms with Gasteiger partial charge in [0.15, 0.2) is 0 Å². The highest BCUT2D eigenvalue weighted by atomic mass is 19.3. The summed E-state index contributed by atoms with van der Waals surface area (Å²) >= 11 is 0. The number of H-pyrrole nitrogens is 1. The lowest BCUT2D eigenvalue weighted by molar-refractivity contribution is 0.146. The highest BCUT2D eigenvalue weighted by Gasteiger charge is 2.10. The summed E-state index contributed by atoms with van der Waals surface area (Å²) in [6.07, 6.45) is -2.49. The van der Waals surface area contributed by atoms with Crippen LogP contribution in [0, 0.1) is 0 Å². The van der Waals surface area contributed by atoms with Crippen molar-refractivity contribution in [1.29, 1.82) is 0 Å². The van der Waals surface area contributed by atoms with Crippen LogP contribution >= 0.6 is 0 Å². The second-order valence-electron chi connectivity index (χ2n) is 2.81. The first-order valence-corrected chi connectivity index (χ1v) is 3.69. The molecule has 5 heteroatoms. The number of hydrogen-bond acceptors (Lipinski definition) is 2. The van der Waals surface area contributed by atoms with Crippen LogP contribution in [0.3, 0.4) is 0 Å². The first-order valence-electron chi connectivity index (χ1n) is 3.69. The van der Waals surface area contributed by atoms with Crippen LogP contribution in [0.4, 0.5) is 14.6 Å². The number of anilines is 1. The Kier molecular flexibility index (Phi) is 2.62. The average molecular weight is 175 g/mol. The van der Waals surface area contributed by atoms with Crippen LogP contribution in [-0.2, 0) is 0 Å². The predicted octanol–water partition coefficient (Wildman–Crippen LogP) is 2.17. The van der Waals surface area contributed by atoms with Crippen molar-refractivity contribution in [2.24, 2.45) is 0 Å². The van der Waals surface area contributed by atoms with Crippen molar-refractivity contribution in [3.8, 4) is 0 Å². The minimum absolute atomic E-state index is 0.154. The first kappa shape index (κ1) is 8.96. The molecule has 12 heavy (non-hydrogen) atoms. The number of aromatic amines is 1. The van der Waals surface area contributed by atoms with Crippen molar-refractivity contribution < 1.29 is 8.78 Å². The molecule has 0 spiro atoms. The molecule has 0 aliphatic carbocycles. The number of nitrogens with zero attached hydrogens (tertiary/aromatic N) is 1. The summed E-state index contributed by atoms with van der Waals surface area (Å²) in [7, 11) is 0. The number of alkyl halides is 2. The Morgan fingerprint density at radius 1 is 1.50 bits per heavy atom. The zero-order chi connectivity index (χ0) is 9.14. The van der Waals surface area contributed by atoms with E-state index in [0.717, 1.165) is 0 Å². The van der Waals surface area contributed by atoms with E-state index in [1.54, 1.807) is 0 Å². The molecule has 0 atom stereocenters. The smallest absolute Gasteiger partial charge is 0.279 e. The summed E-state index contributed by atoms with van der Waals surface area (Å²) in [5.74, 6) is 0.459. The molecule has 0 radical (unpaired) electrons. The van der Waals surface area contributed by atoms with Crippen LogP contribution in [0.2, 0.25) is 0 Å². The molecule has 68 valence electrons. The van der Waals surface area contributed by atoms with Crippen LogP contribution in [0.1, 0.15) is 26.0 Å². The minimum atomic E-state index is -2.49. The molecular formula is C7H11F2N3. The van der Waals surface area contributed by atoms with Crippen molar-refractivity contribution in [2.45, 2.75) is 26.3 Å². The SMILES string of the molecule is CC(C)Nc1cc(C(F)F)[nH]n1. The Morgan fingerprint density at radius 2 is 2.17 bits per heavy atom. The maximum atomic E-state index is 12.0. The lowest BCUT2D eigenvalue weighted by Gasteiger charge is -2.04. The van der Waals surface area contributed by atoms with Gasteiger partial charge in [-0.25, -0.2) is 8.78 Å². The normalized spacial score (nSPS) is 11.2. The fraction of sp³-hybridized carbons (Fsp3) is 0.571. The van der Waals surface area contributed by atoms with Gasteiger partial charge in [0.25, 0.3) is 6.43 Å². The van der Waals surface area contributed by atoms with Crippen molar-refractivity contribution in [1.82, 2.24) is 10.2 Å². The molecule has 0 aliphatic heterocycles. The van der Waals surface area contributed by atoms with Gasteiger partial charge < -0.3 is 5.32 Å². The quantitative estimate of drug-likeness (QED) is 0.739. The number of halogens is 2. The highest BCUT2D eigenvalue weighted by Crippen LogP contribution is 2.18. The Labute approximate surface area is 69.2 Å². The molecule has 1 heterocycles. The summed E-state index contributed by atoms with van der Waals surface area (Å²) in [5, 5.41) is 8.81. The second-order valence-corrected chi connectivity index (χ2v) is 2.81. The Bertz CT molecular complexity index is 245. The minimum Gasteiger partial charge on any atom is -0.366 e. The van der Waals surface area contributed by atoms with E-state index in [1.165, 1.54) is 6.07 Å². The summed E-state index contributed by atoms with van der Waals surface area (Å²) in [6.45, 7) is 3.83. The van der Waals surface area contributed by atoms with Crippen molar-refractivity contribution >= 4 is 5.82 Å². The number of rotatable bonds is 3. The van der Waals surface area contributed by atoms with E-state index in [9.17, 15) is 8.78 Å². The van der Waals surface area contributed by atoms with Gasteiger partial charge in [0, 0.05) is 12.1 Å². The average Bonchev–Trinajstić information content (AvgIpc) is 2.34. The number of nitrogens with one attached hydrogen (secondary N) is 2. The van der Waals surface area contributed by atoms with Gasteiger partial charge in [-0.15, -0.1) is 0 Å². The summed E-state index contributed by atoms with van der Waals surface area (Å²) in [6, 6.07) is 1.50. The maximum absolute atomic E-state index is 12.0. The zero-order valence-electron chi connectivity index (χ0n) is 6.94. The largest absolute Gasteiger partial charge is 0.366 e. The van der Waals surface area contributed by atoms with Gasteiger partial charge >= 0.3 is 0 Å². The van der Waals surface area contributed by atoms with E-state index in [-0.39, 0.29) is 11.7 Å². The summed E-state index contributed by atoms with van der Waals surface area (Å²) in [5.41, 5.74) is -0.154. The van der Waals surface area contributed by atoms with E-state index in [4.69, 9.17) is 0 Å². The van der Waals surface area contributed by atoms with Gasteiger partial charge in [-0.05, 0) is 13.8 Å². The second kappa shape index (κ2) is 3.51. The lowest BCUT2D eigenvalue weighted by atomic mass is 10.4. The first-order chi connectivity index (χ1) is 5.59. The monoisotopic (exact) mass is 175 g/mol. The molecule has 1 rings (SSSR count). The molecule has 3 nitrogen and oxygen atoms in total. The molecule has 0 aromatic carbocycles. The predicted molar refractivity (Wildman–Crippen MR) is 42.3 cm³/mol. The fourth-order valence-corrected chi connectivity index (χ4v) is 0.818. The van der Waals surface area contributed by atoms with E-state index >= 15 is 0 Å². The molecule has 0 bridgehead atoms. The maximum Gasteiger partial charge on any atom is 0.279 e. The third-order valence-electron chi connectivity index (χ3n) is 1.27. The number of hydrogen-bond donors (Lipinski definition) is 2. The van der Waals surface area contributed by atoms with E-state index < -0.39 is 6.43 Å². The molecule has 0 saturated heterocycles. The molecule has 0 fully saturated rings. The van der Waals surface area contributed by atoms with Crippen LogP contribution in [-0.4, -0.2) is 16.2 Å². The van der Waals surface area contributed by atoms with E-state index in [2.05, 4.69) is 15.5 Å². The van der Waals surface area contributed by atoms with E-state index in [0.29, 0.717) is 5.82 Å². The molecule has 1 aromatic heterocycles. The van der Waals surface area contributed by atoms with Gasteiger partial charge in [-0.1, -0.05) is 0 Å². The molecule has 2 N–H and O–H groups in total. The lowest BCUT2D eigenvalue weighted by Crippen LogP contribution is -2.09.